The van der Waals surface area contributed by atoms with Crippen LogP contribution in [0.2, 0.25) is 0 Å². The Balaban J connectivity index is 1.96. The Hall–Kier alpha value is -2.60. The minimum absolute atomic E-state index is 0.0223. The summed E-state index contributed by atoms with van der Waals surface area (Å²) in [5, 5.41) is 0. The molecular weight excluding hydrogens is 400 g/mol. The lowest BCUT2D eigenvalue weighted by molar-refractivity contribution is -0.118. The molecule has 134 valence electrons. The average Bonchev–Trinajstić information content (AvgIpc) is 2.91. The fraction of sp³-hybridized carbons (Fsp3) is 0.200. The van der Waals surface area contributed by atoms with Crippen LogP contribution in [0, 0.1) is 6.92 Å². The van der Waals surface area contributed by atoms with Crippen molar-refractivity contribution >= 4 is 33.6 Å². The maximum Gasteiger partial charge on any atom is 0.231 e. The van der Waals surface area contributed by atoms with E-state index in [4.69, 9.17) is 14.2 Å². The van der Waals surface area contributed by atoms with Gasteiger partial charge in [-0.15, -0.1) is 0 Å². The average molecular weight is 417 g/mol. The van der Waals surface area contributed by atoms with Crippen LogP contribution in [-0.2, 0) is 4.79 Å². The maximum atomic E-state index is 12.7. The molecule has 0 aromatic heterocycles. The number of fused-ring (bicyclic) bond motifs is 1. The van der Waals surface area contributed by atoms with Gasteiger partial charge in [0.15, 0.2) is 11.5 Å². The first-order valence-electron chi connectivity index (χ1n) is 7.94. The van der Waals surface area contributed by atoms with E-state index in [9.17, 15) is 9.59 Å². The number of hydrogen-bond acceptors (Lipinski definition) is 5. The quantitative estimate of drug-likeness (QED) is 0.677. The van der Waals surface area contributed by atoms with Crippen LogP contribution in [0.25, 0.3) is 6.08 Å². The summed E-state index contributed by atoms with van der Waals surface area (Å²) in [6, 6.07) is 8.84. The molecule has 1 aliphatic rings. The van der Waals surface area contributed by atoms with Crippen LogP contribution in [0.1, 0.15) is 28.4 Å². The number of allylic oxidation sites excluding steroid dienone is 1. The largest absolute Gasteiger partial charge is 0.496 e. The number of ketones is 2. The predicted octanol–water partition coefficient (Wildman–Crippen LogP) is 4.35. The molecule has 0 bridgehead atoms. The third-order valence-electron chi connectivity index (χ3n) is 3.95. The van der Waals surface area contributed by atoms with Crippen LogP contribution in [-0.4, -0.2) is 25.3 Å². The highest BCUT2D eigenvalue weighted by Gasteiger charge is 2.30. The molecule has 0 unspecified atom stereocenters. The van der Waals surface area contributed by atoms with Crippen molar-refractivity contribution in [1.82, 2.24) is 0 Å². The highest BCUT2D eigenvalue weighted by Crippen LogP contribution is 2.40. The van der Waals surface area contributed by atoms with Gasteiger partial charge in [-0.3, -0.25) is 9.59 Å². The topological polar surface area (TPSA) is 61.8 Å². The molecule has 26 heavy (non-hydrogen) atoms. The summed E-state index contributed by atoms with van der Waals surface area (Å²) in [6.07, 6.45) is 1.65. The van der Waals surface area contributed by atoms with Crippen molar-refractivity contribution in [2.45, 2.75) is 13.8 Å². The number of carbonyl (C=O) groups excluding carboxylic acids is 2. The Morgan fingerprint density at radius 3 is 2.65 bits per heavy atom. The Morgan fingerprint density at radius 2 is 1.96 bits per heavy atom. The first-order valence-corrected chi connectivity index (χ1v) is 8.73. The first kappa shape index (κ1) is 18.2. The third kappa shape index (κ3) is 3.51. The molecule has 0 fully saturated rings. The summed E-state index contributed by atoms with van der Waals surface area (Å²) in [5.41, 5.74) is 1.88. The molecule has 1 aliphatic heterocycles. The zero-order chi connectivity index (χ0) is 18.8. The van der Waals surface area contributed by atoms with Crippen molar-refractivity contribution < 1.29 is 23.8 Å². The van der Waals surface area contributed by atoms with Crippen molar-refractivity contribution in [3.8, 4) is 17.2 Å². The summed E-state index contributed by atoms with van der Waals surface area (Å²) in [4.78, 5) is 23.8. The van der Waals surface area contributed by atoms with E-state index in [-0.39, 0.29) is 23.9 Å². The predicted molar refractivity (Wildman–Crippen MR) is 101 cm³/mol. The molecule has 3 rings (SSSR count). The number of carbonyl (C=O) groups is 2. The molecule has 6 heteroatoms. The highest BCUT2D eigenvalue weighted by molar-refractivity contribution is 9.10. The highest BCUT2D eigenvalue weighted by atomic mass is 79.9. The summed E-state index contributed by atoms with van der Waals surface area (Å²) in [7, 11) is 1.57. The SMILES string of the molecule is COc1ccc(Br)cc1/C=C1\Oc2c(ccc(OCC(C)=O)c2C)C1=O. The van der Waals surface area contributed by atoms with E-state index >= 15 is 0 Å². The number of halogens is 1. The van der Waals surface area contributed by atoms with Gasteiger partial charge in [0.1, 0.15) is 23.9 Å². The fourth-order valence-corrected chi connectivity index (χ4v) is 3.04. The maximum absolute atomic E-state index is 12.7. The van der Waals surface area contributed by atoms with E-state index in [0.29, 0.717) is 28.4 Å². The van der Waals surface area contributed by atoms with Crippen molar-refractivity contribution in [2.75, 3.05) is 13.7 Å². The minimum atomic E-state index is -0.205. The molecule has 0 spiro atoms. The van der Waals surface area contributed by atoms with Crippen LogP contribution in [0.3, 0.4) is 0 Å². The summed E-state index contributed by atoms with van der Waals surface area (Å²) < 4.78 is 17.5. The van der Waals surface area contributed by atoms with Gasteiger partial charge in [0.2, 0.25) is 5.78 Å². The lowest BCUT2D eigenvalue weighted by Gasteiger charge is -2.10. The van der Waals surface area contributed by atoms with E-state index in [2.05, 4.69) is 15.9 Å². The van der Waals surface area contributed by atoms with Gasteiger partial charge in [-0.05, 0) is 50.3 Å². The molecule has 2 aromatic rings. The van der Waals surface area contributed by atoms with Gasteiger partial charge in [0.25, 0.3) is 0 Å². The van der Waals surface area contributed by atoms with Crippen LogP contribution >= 0.6 is 15.9 Å². The molecule has 0 radical (unpaired) electrons. The molecule has 5 nitrogen and oxygen atoms in total. The normalized spacial score (nSPS) is 14.2. The van der Waals surface area contributed by atoms with Crippen LogP contribution in [0.5, 0.6) is 17.2 Å². The van der Waals surface area contributed by atoms with Gasteiger partial charge < -0.3 is 14.2 Å². The standard InChI is InChI=1S/C20H17BrO5/c1-11(22)10-25-16-7-5-15-19(23)18(26-20(15)12(16)2)9-13-8-14(21)4-6-17(13)24-3/h4-9H,10H2,1-3H3/b18-9-. The number of ether oxygens (including phenoxy) is 3. The van der Waals surface area contributed by atoms with E-state index in [0.717, 1.165) is 10.0 Å². The van der Waals surface area contributed by atoms with E-state index < -0.39 is 0 Å². The van der Waals surface area contributed by atoms with E-state index in [1.54, 1.807) is 32.2 Å². The van der Waals surface area contributed by atoms with Crippen molar-refractivity contribution in [1.29, 1.82) is 0 Å². The summed E-state index contributed by atoms with van der Waals surface area (Å²) >= 11 is 3.41. The smallest absolute Gasteiger partial charge is 0.231 e. The molecule has 0 N–H and O–H groups in total. The van der Waals surface area contributed by atoms with Crippen molar-refractivity contribution in [2.24, 2.45) is 0 Å². The zero-order valence-corrected chi connectivity index (χ0v) is 16.2. The van der Waals surface area contributed by atoms with Gasteiger partial charge in [-0.25, -0.2) is 0 Å². The molecule has 0 saturated heterocycles. The fourth-order valence-electron chi connectivity index (χ4n) is 2.66. The summed E-state index contributed by atoms with van der Waals surface area (Å²) in [6.45, 7) is 3.23. The Morgan fingerprint density at radius 1 is 1.23 bits per heavy atom. The van der Waals surface area contributed by atoms with Gasteiger partial charge in [0, 0.05) is 15.6 Å². The Bertz CT molecular complexity index is 930. The lowest BCUT2D eigenvalue weighted by atomic mass is 10.1. The van der Waals surface area contributed by atoms with Crippen LogP contribution < -0.4 is 14.2 Å². The second-order valence-electron chi connectivity index (χ2n) is 5.88. The Labute approximate surface area is 159 Å². The summed E-state index contributed by atoms with van der Waals surface area (Å²) in [5.74, 6) is 1.54. The zero-order valence-electron chi connectivity index (χ0n) is 14.6. The van der Waals surface area contributed by atoms with Gasteiger partial charge in [0.05, 0.1) is 12.7 Å². The van der Waals surface area contributed by atoms with Gasteiger partial charge >= 0.3 is 0 Å². The van der Waals surface area contributed by atoms with Crippen LogP contribution in [0.4, 0.5) is 0 Å². The molecule has 2 aromatic carbocycles. The minimum Gasteiger partial charge on any atom is -0.496 e. The van der Waals surface area contributed by atoms with E-state index in [1.165, 1.54) is 6.92 Å². The number of Topliss-reactive ketones (excluding diaryl/α,β-unsaturated/α-hetero) is 2. The molecule has 1 heterocycles. The third-order valence-corrected chi connectivity index (χ3v) is 4.44. The molecular formula is C20H17BrO5. The molecule has 0 saturated carbocycles. The molecule has 0 aliphatic carbocycles. The van der Waals surface area contributed by atoms with Gasteiger partial charge in [-0.2, -0.15) is 0 Å². The second-order valence-corrected chi connectivity index (χ2v) is 6.80. The Kier molecular flexibility index (Phi) is 5.13. The molecule has 0 amide bonds. The number of rotatable bonds is 5. The first-order chi connectivity index (χ1) is 12.4. The molecule has 0 atom stereocenters. The van der Waals surface area contributed by atoms with Crippen molar-refractivity contribution in [3.05, 3.63) is 57.3 Å². The van der Waals surface area contributed by atoms with Crippen LogP contribution in [0.15, 0.2) is 40.6 Å². The van der Waals surface area contributed by atoms with Gasteiger partial charge in [-0.1, -0.05) is 15.9 Å². The monoisotopic (exact) mass is 416 g/mol. The van der Waals surface area contributed by atoms with E-state index in [1.807, 2.05) is 18.2 Å². The number of methoxy groups -OCH3 is 1. The second kappa shape index (κ2) is 7.33. The van der Waals surface area contributed by atoms with Crippen molar-refractivity contribution in [3.63, 3.8) is 0 Å². The number of benzene rings is 2. The lowest BCUT2D eigenvalue weighted by Crippen LogP contribution is -2.07. The number of hydrogen-bond donors (Lipinski definition) is 0.